The Kier molecular flexibility index (Phi) is 5.43. The third-order valence-corrected chi connectivity index (χ3v) is 6.59. The maximum Gasteiger partial charge on any atom is 0.264 e. The van der Waals surface area contributed by atoms with Gasteiger partial charge in [0.25, 0.3) is 10.0 Å². The minimum atomic E-state index is -3.74. The number of nitrogens with zero attached hydrogens (tertiary/aromatic N) is 2. The lowest BCUT2D eigenvalue weighted by Gasteiger charge is -2.36. The Morgan fingerprint density at radius 1 is 1.08 bits per heavy atom. The summed E-state index contributed by atoms with van der Waals surface area (Å²) in [4.78, 5) is 0.272. The molecule has 0 aromatic heterocycles. The topological polar surface area (TPSA) is 61.2 Å². The van der Waals surface area contributed by atoms with Crippen molar-refractivity contribution in [3.05, 3.63) is 71.8 Å². The van der Waals surface area contributed by atoms with Gasteiger partial charge < -0.3 is 0 Å². The van der Waals surface area contributed by atoms with Gasteiger partial charge in [0.2, 0.25) is 0 Å². The molecule has 4 nitrogen and oxygen atoms in total. The Morgan fingerprint density at radius 3 is 2.42 bits per heavy atom. The molecule has 1 saturated carbocycles. The largest absolute Gasteiger partial charge is 0.264 e. The van der Waals surface area contributed by atoms with Crippen molar-refractivity contribution >= 4 is 15.7 Å². The lowest BCUT2D eigenvalue weighted by atomic mass is 9.89. The number of hydrogen-bond acceptors (Lipinski definition) is 3. The number of para-hydroxylation sites is 1. The molecule has 2 aromatic carbocycles. The van der Waals surface area contributed by atoms with Crippen LogP contribution < -0.4 is 4.31 Å². The molecule has 0 heterocycles. The minimum Gasteiger partial charge on any atom is -0.259 e. The molecule has 0 spiro atoms. The van der Waals surface area contributed by atoms with Gasteiger partial charge in [-0.15, -0.1) is 0 Å². The van der Waals surface area contributed by atoms with E-state index in [-0.39, 0.29) is 10.9 Å². The van der Waals surface area contributed by atoms with Crippen LogP contribution in [0.25, 0.3) is 0 Å². The van der Waals surface area contributed by atoms with E-state index in [1.807, 2.05) is 49.4 Å². The fourth-order valence-corrected chi connectivity index (χ4v) is 5.11. The molecule has 2 aromatic rings. The molecule has 1 aliphatic rings. The molecule has 1 unspecified atom stereocenters. The average molecular weight is 366 g/mol. The quantitative estimate of drug-likeness (QED) is 0.744. The highest BCUT2D eigenvalue weighted by Crippen LogP contribution is 2.35. The van der Waals surface area contributed by atoms with Gasteiger partial charge in [-0.2, -0.15) is 5.26 Å². The molecule has 3 rings (SSSR count). The molecule has 1 fully saturated rings. The molecule has 0 N–H and O–H groups in total. The number of sulfonamides is 1. The monoisotopic (exact) mass is 366 g/mol. The predicted molar refractivity (Wildman–Crippen MR) is 103 cm³/mol. The summed E-state index contributed by atoms with van der Waals surface area (Å²) in [5.74, 6) is 0. The van der Waals surface area contributed by atoms with E-state index < -0.39 is 10.0 Å². The summed E-state index contributed by atoms with van der Waals surface area (Å²) < 4.78 is 28.5. The van der Waals surface area contributed by atoms with E-state index in [1.165, 1.54) is 10.4 Å². The Labute approximate surface area is 155 Å². The van der Waals surface area contributed by atoms with Gasteiger partial charge >= 0.3 is 0 Å². The number of rotatable bonds is 4. The van der Waals surface area contributed by atoms with Crippen LogP contribution in [0.4, 0.5) is 5.69 Å². The van der Waals surface area contributed by atoms with Gasteiger partial charge in [-0.25, -0.2) is 8.42 Å². The van der Waals surface area contributed by atoms with Crippen LogP contribution in [0.2, 0.25) is 0 Å². The van der Waals surface area contributed by atoms with Gasteiger partial charge in [-0.05, 0) is 56.0 Å². The Balaban J connectivity index is 2.14. The van der Waals surface area contributed by atoms with Crippen molar-refractivity contribution in [1.82, 2.24) is 0 Å². The summed E-state index contributed by atoms with van der Waals surface area (Å²) in [6.45, 7) is 1.93. The van der Waals surface area contributed by atoms with Gasteiger partial charge in [-0.1, -0.05) is 42.3 Å². The van der Waals surface area contributed by atoms with Gasteiger partial charge in [0.1, 0.15) is 0 Å². The number of allylic oxidation sites excluding steroid dienone is 1. The van der Waals surface area contributed by atoms with Gasteiger partial charge in [0, 0.05) is 6.08 Å². The number of benzene rings is 2. The maximum atomic E-state index is 13.5. The molecule has 0 saturated heterocycles. The first-order chi connectivity index (χ1) is 12.5. The molecule has 134 valence electrons. The van der Waals surface area contributed by atoms with E-state index in [4.69, 9.17) is 5.26 Å². The van der Waals surface area contributed by atoms with Crippen LogP contribution in [0.5, 0.6) is 0 Å². The molecule has 5 heteroatoms. The lowest BCUT2D eigenvalue weighted by molar-refractivity contribution is 0.521. The molecular weight excluding hydrogens is 344 g/mol. The normalized spacial score (nSPS) is 19.1. The zero-order chi connectivity index (χ0) is 18.6. The molecule has 0 radical (unpaired) electrons. The second-order valence-corrected chi connectivity index (χ2v) is 8.37. The van der Waals surface area contributed by atoms with E-state index in [2.05, 4.69) is 6.07 Å². The van der Waals surface area contributed by atoms with Crippen LogP contribution >= 0.6 is 0 Å². The summed E-state index contributed by atoms with van der Waals surface area (Å²) in [5, 5.41) is 9.14. The molecule has 0 amide bonds. The Bertz CT molecular complexity index is 926. The highest BCUT2D eigenvalue weighted by Gasteiger charge is 2.35. The van der Waals surface area contributed by atoms with E-state index >= 15 is 0 Å². The zero-order valence-electron chi connectivity index (χ0n) is 14.8. The lowest BCUT2D eigenvalue weighted by Crippen LogP contribution is -2.43. The van der Waals surface area contributed by atoms with E-state index in [0.717, 1.165) is 30.4 Å². The van der Waals surface area contributed by atoms with Crippen molar-refractivity contribution in [1.29, 1.82) is 5.26 Å². The van der Waals surface area contributed by atoms with Gasteiger partial charge in [0.15, 0.2) is 0 Å². The van der Waals surface area contributed by atoms with Crippen LogP contribution in [0.3, 0.4) is 0 Å². The van der Waals surface area contributed by atoms with E-state index in [1.54, 1.807) is 12.1 Å². The van der Waals surface area contributed by atoms with E-state index in [0.29, 0.717) is 12.1 Å². The molecule has 0 aliphatic heterocycles. The smallest absolute Gasteiger partial charge is 0.259 e. The zero-order valence-corrected chi connectivity index (χ0v) is 15.6. The summed E-state index contributed by atoms with van der Waals surface area (Å²) in [7, 11) is -3.74. The average Bonchev–Trinajstić information content (AvgIpc) is 2.65. The van der Waals surface area contributed by atoms with Crippen LogP contribution in [0, 0.1) is 18.3 Å². The number of hydrogen-bond donors (Lipinski definition) is 0. The second-order valence-electron chi connectivity index (χ2n) is 6.56. The first kappa shape index (κ1) is 18.2. The summed E-state index contributed by atoms with van der Waals surface area (Å²) in [6.07, 6.45) is 4.92. The molecule has 1 atom stereocenters. The van der Waals surface area contributed by atoms with E-state index in [9.17, 15) is 8.42 Å². The maximum absolute atomic E-state index is 13.5. The van der Waals surface area contributed by atoms with Crippen LogP contribution in [0.1, 0.15) is 31.2 Å². The van der Waals surface area contributed by atoms with Crippen LogP contribution in [-0.2, 0) is 10.0 Å². The summed E-state index contributed by atoms with van der Waals surface area (Å²) in [5.41, 5.74) is 2.53. The molecule has 1 aliphatic carbocycles. The fourth-order valence-electron chi connectivity index (χ4n) is 3.42. The van der Waals surface area contributed by atoms with Crippen molar-refractivity contribution < 1.29 is 8.42 Å². The van der Waals surface area contributed by atoms with Crippen LogP contribution in [-0.4, -0.2) is 14.5 Å². The molecule has 0 bridgehead atoms. The van der Waals surface area contributed by atoms with Crippen molar-refractivity contribution in [3.63, 3.8) is 0 Å². The van der Waals surface area contributed by atoms with Crippen molar-refractivity contribution in [2.24, 2.45) is 0 Å². The standard InChI is InChI=1S/C21H22N2O2S/c1-17-11-13-20(14-12-17)26(24,25)23(19-8-3-2-4-9-19)21-10-6-5-7-18(21)15-16-22/h2-4,8-9,11-15,21H,5-7,10H2,1H3/b18-15+. The Hall–Kier alpha value is -2.58. The third-order valence-electron chi connectivity index (χ3n) is 4.74. The number of aryl methyl sites for hydroxylation is 1. The first-order valence-corrected chi connectivity index (χ1v) is 10.2. The third kappa shape index (κ3) is 3.66. The summed E-state index contributed by atoms with van der Waals surface area (Å²) >= 11 is 0. The van der Waals surface area contributed by atoms with Gasteiger partial charge in [0.05, 0.1) is 22.7 Å². The number of nitriles is 1. The van der Waals surface area contributed by atoms with Gasteiger partial charge in [-0.3, -0.25) is 4.31 Å². The molecule has 26 heavy (non-hydrogen) atoms. The highest BCUT2D eigenvalue weighted by molar-refractivity contribution is 7.92. The Morgan fingerprint density at radius 2 is 1.77 bits per heavy atom. The SMILES string of the molecule is Cc1ccc(S(=O)(=O)N(c2ccccc2)C2CCCC/C2=C\C#N)cc1. The van der Waals surface area contributed by atoms with Crippen LogP contribution in [0.15, 0.2) is 71.1 Å². The summed E-state index contributed by atoms with van der Waals surface area (Å²) in [6, 6.07) is 17.8. The predicted octanol–water partition coefficient (Wildman–Crippen LogP) is 4.58. The highest BCUT2D eigenvalue weighted by atomic mass is 32.2. The first-order valence-electron chi connectivity index (χ1n) is 8.79. The van der Waals surface area contributed by atoms with Crippen molar-refractivity contribution in [2.75, 3.05) is 4.31 Å². The van der Waals surface area contributed by atoms with Crippen molar-refractivity contribution in [2.45, 2.75) is 43.5 Å². The minimum absolute atomic E-state index is 0.272. The fraction of sp³-hybridized carbons (Fsp3) is 0.286. The molecular formula is C21H22N2O2S. The number of anilines is 1. The van der Waals surface area contributed by atoms with Crippen molar-refractivity contribution in [3.8, 4) is 6.07 Å². The second kappa shape index (κ2) is 7.76.